The largest absolute Gasteiger partial charge is 0.377 e. The standard InChI is InChI=1S/C73H113ClN12O13/c1-12-47(4)63-70(96)80(7)42-61(89)78(5)43-62(90)82(9)57(39-49-22-15-13-16-23-49)68(94)79(6)41-59(87)75-54(34-29-48-27-30-51(74)31-28-48)67(93)85-37-21-26-55(85)66(92)77-73(35-19-20-36-73)72(98)84(11)64(50-24-17-14-18-25-50)71(97)83(10)58(69(95)86-52-32-33-53(86)45-99-44-52)40-60(88)81(8)56(38-46(2)3)65(91)76-63/h27-28,30-31,46-47,49-50,52-58,63-64H,12-26,29,32-45H2,1-11H3,(H,75,87)(H,76,91)(H,77,92)/t47-,52?,53?,54-,55-,56-,57-,58-,63-,64-/m0/s1. The number of amides is 12. The summed E-state index contributed by atoms with van der Waals surface area (Å²) in [5, 5.41) is 9.55. The zero-order chi connectivity index (χ0) is 72.2. The first-order valence-corrected chi connectivity index (χ1v) is 37.1. The lowest BCUT2D eigenvalue weighted by molar-refractivity contribution is -0.159. The number of hydrogen-bond acceptors (Lipinski definition) is 13. The number of fused-ring (bicyclic) bond motifs is 3. The summed E-state index contributed by atoms with van der Waals surface area (Å²) in [6.07, 6.45) is 12.7. The van der Waals surface area contributed by atoms with E-state index < -0.39 is 151 Å². The number of carbonyl (C=O) groups is 12. The van der Waals surface area contributed by atoms with Crippen LogP contribution in [0.15, 0.2) is 24.3 Å². The van der Waals surface area contributed by atoms with Crippen molar-refractivity contribution in [2.75, 3.05) is 88.7 Å². The van der Waals surface area contributed by atoms with Gasteiger partial charge in [0.25, 0.3) is 0 Å². The molecule has 3 N–H and O–H groups in total. The van der Waals surface area contributed by atoms with Gasteiger partial charge in [0.05, 0.1) is 51.4 Å². The normalized spacial score (nSPS) is 28.8. The molecule has 99 heavy (non-hydrogen) atoms. The van der Waals surface area contributed by atoms with Gasteiger partial charge < -0.3 is 64.8 Å². The van der Waals surface area contributed by atoms with Crippen LogP contribution in [0.3, 0.4) is 0 Å². The molecule has 4 aliphatic heterocycles. The molecule has 3 saturated carbocycles. The Kier molecular flexibility index (Phi) is 27.6. The second-order valence-electron chi connectivity index (χ2n) is 30.3. The minimum atomic E-state index is -1.49. The minimum Gasteiger partial charge on any atom is -0.377 e. The van der Waals surface area contributed by atoms with E-state index in [-0.39, 0.29) is 81.7 Å². The molecule has 7 fully saturated rings. The molecule has 1 aromatic carbocycles. The van der Waals surface area contributed by atoms with Crippen LogP contribution in [0.4, 0.5) is 0 Å². The number of ether oxygens (including phenoxy) is 1. The summed E-state index contributed by atoms with van der Waals surface area (Å²) in [7, 11) is 10.4. The van der Waals surface area contributed by atoms with Gasteiger partial charge in [-0.15, -0.1) is 0 Å². The van der Waals surface area contributed by atoms with Crippen molar-refractivity contribution in [1.29, 1.82) is 0 Å². The predicted octanol–water partition coefficient (Wildman–Crippen LogP) is 4.78. The number of halogens is 1. The first-order valence-electron chi connectivity index (χ1n) is 36.7. The summed E-state index contributed by atoms with van der Waals surface area (Å²) in [5.41, 5.74) is -0.664. The number of morpholine rings is 1. The van der Waals surface area contributed by atoms with Crippen LogP contribution in [0.2, 0.25) is 5.02 Å². The zero-order valence-electron chi connectivity index (χ0n) is 60.7. The molecule has 4 heterocycles. The van der Waals surface area contributed by atoms with E-state index in [2.05, 4.69) is 16.0 Å². The topological polar surface area (TPSA) is 279 Å². The quantitative estimate of drug-likeness (QED) is 0.269. The van der Waals surface area contributed by atoms with Crippen molar-refractivity contribution in [1.82, 2.24) is 60.0 Å². The molecular weight excluding hydrogens is 1290 g/mol. The van der Waals surface area contributed by atoms with E-state index in [1.54, 1.807) is 31.0 Å². The SMILES string of the molecule is CC[C@H](C)[C@@H]1NC(=O)[C@H](CC(C)C)N(C)C(=O)C[C@@H](C(=O)N2C3CCC2COC3)N(C)C(=O)[C@H](C2CCCCC2)N(C)C(=O)C2(CCCC2)NC(=O)[C@@H]2CCCN2C(=O)[C@H](CCc2ccc(Cl)cc2)NC(=O)CN(C)C(=O)[C@H](CC2CCCCC2)N(C)C(=O)CN(C)C(=O)CN(C)C1=O. The smallest absolute Gasteiger partial charge is 0.248 e. The summed E-state index contributed by atoms with van der Waals surface area (Å²) >= 11 is 6.27. The van der Waals surface area contributed by atoms with E-state index in [0.717, 1.165) is 56.9 Å². The third kappa shape index (κ3) is 19.0. The van der Waals surface area contributed by atoms with Gasteiger partial charge in [0.15, 0.2) is 0 Å². The number of carbonyl (C=O) groups excluding carboxylic acids is 12. The van der Waals surface area contributed by atoms with Crippen LogP contribution in [0.5, 0.6) is 0 Å². The molecule has 25 nitrogen and oxygen atoms in total. The fourth-order valence-corrected chi connectivity index (χ4v) is 16.5. The summed E-state index contributed by atoms with van der Waals surface area (Å²) in [6.45, 7) is 6.70. The maximum Gasteiger partial charge on any atom is 0.248 e. The summed E-state index contributed by atoms with van der Waals surface area (Å²) in [6, 6.07) is -1.68. The molecule has 7 aliphatic rings. The van der Waals surface area contributed by atoms with Gasteiger partial charge in [-0.25, -0.2) is 0 Å². The number of nitrogens with zero attached hydrogens (tertiary/aromatic N) is 9. The molecule has 3 aliphatic carbocycles. The van der Waals surface area contributed by atoms with Gasteiger partial charge in [-0.2, -0.15) is 0 Å². The fourth-order valence-electron chi connectivity index (χ4n) is 16.4. The third-order valence-corrected chi connectivity index (χ3v) is 23.0. The van der Waals surface area contributed by atoms with E-state index in [4.69, 9.17) is 16.3 Å². The monoisotopic (exact) mass is 1400 g/mol. The van der Waals surface area contributed by atoms with E-state index in [9.17, 15) is 28.8 Å². The Balaban J connectivity index is 1.17. The van der Waals surface area contributed by atoms with Crippen LogP contribution < -0.4 is 16.0 Å². The molecule has 0 radical (unpaired) electrons. The van der Waals surface area contributed by atoms with Gasteiger partial charge in [0.1, 0.15) is 47.8 Å². The number of likely N-dealkylation sites (N-methyl/N-ethyl adjacent to an activating group) is 7. The van der Waals surface area contributed by atoms with Crippen molar-refractivity contribution in [3.05, 3.63) is 34.9 Å². The second-order valence-corrected chi connectivity index (χ2v) is 30.7. The number of rotatable bonds is 11. The van der Waals surface area contributed by atoms with Crippen molar-refractivity contribution in [2.24, 2.45) is 23.7 Å². The van der Waals surface area contributed by atoms with Gasteiger partial charge in [-0.1, -0.05) is 122 Å². The van der Waals surface area contributed by atoms with Crippen molar-refractivity contribution < 1.29 is 62.3 Å². The van der Waals surface area contributed by atoms with Gasteiger partial charge in [0.2, 0.25) is 70.9 Å². The molecule has 26 heteroatoms. The average Bonchev–Trinajstić information content (AvgIpc) is 1.75. The highest BCUT2D eigenvalue weighted by Gasteiger charge is 2.52. The van der Waals surface area contributed by atoms with E-state index in [0.29, 0.717) is 69.2 Å². The van der Waals surface area contributed by atoms with Gasteiger partial charge in [0, 0.05) is 60.9 Å². The molecular formula is C73H113ClN12O13. The highest BCUT2D eigenvalue weighted by atomic mass is 35.5. The van der Waals surface area contributed by atoms with E-state index in [1.165, 1.54) is 81.5 Å². The molecule has 12 amide bonds. The molecule has 2 bridgehead atoms. The lowest BCUT2D eigenvalue weighted by Crippen LogP contribution is -2.65. The Hall–Kier alpha value is -6.89. The Labute approximate surface area is 591 Å². The van der Waals surface area contributed by atoms with Crippen molar-refractivity contribution in [2.45, 2.75) is 242 Å². The molecule has 0 aromatic heterocycles. The lowest BCUT2D eigenvalue weighted by atomic mass is 9.81. The first-order chi connectivity index (χ1) is 47.0. The van der Waals surface area contributed by atoms with E-state index in [1.807, 2.05) is 32.9 Å². The number of nitrogens with one attached hydrogen (secondary N) is 3. The predicted molar refractivity (Wildman–Crippen MR) is 373 cm³/mol. The van der Waals surface area contributed by atoms with Gasteiger partial charge in [-0.05, 0) is 118 Å². The van der Waals surface area contributed by atoms with Crippen LogP contribution in [-0.4, -0.2) is 264 Å². The average molecular weight is 1400 g/mol. The number of benzene rings is 1. The summed E-state index contributed by atoms with van der Waals surface area (Å²) < 4.78 is 5.90. The molecule has 4 saturated heterocycles. The minimum absolute atomic E-state index is 0.0851. The highest BCUT2D eigenvalue weighted by Crippen LogP contribution is 2.38. The third-order valence-electron chi connectivity index (χ3n) is 22.8. The second kappa shape index (κ2) is 35.1. The molecule has 2 unspecified atom stereocenters. The Morgan fingerprint density at radius 2 is 1.20 bits per heavy atom. The van der Waals surface area contributed by atoms with Crippen molar-refractivity contribution in [3.63, 3.8) is 0 Å². The van der Waals surface area contributed by atoms with Crippen LogP contribution in [0.1, 0.15) is 181 Å². The lowest BCUT2D eigenvalue weighted by Gasteiger charge is -2.44. The Morgan fingerprint density at radius 3 is 1.82 bits per heavy atom. The van der Waals surface area contributed by atoms with Crippen LogP contribution in [0.25, 0.3) is 0 Å². The Bertz CT molecular complexity index is 3050. The molecule has 1 spiro atoms. The van der Waals surface area contributed by atoms with E-state index >= 15 is 28.8 Å². The maximum atomic E-state index is 16.0. The fraction of sp³-hybridized carbons (Fsp3) is 0.753. The molecule has 1 aromatic rings. The van der Waals surface area contributed by atoms with Gasteiger partial charge >= 0.3 is 0 Å². The number of aryl methyl sites for hydroxylation is 1. The van der Waals surface area contributed by atoms with Crippen molar-refractivity contribution >= 4 is 82.5 Å². The summed E-state index contributed by atoms with van der Waals surface area (Å²) in [5.74, 6) is -7.73. The maximum absolute atomic E-state index is 16.0. The van der Waals surface area contributed by atoms with Gasteiger partial charge in [-0.3, -0.25) is 57.5 Å². The molecule has 550 valence electrons. The van der Waals surface area contributed by atoms with Crippen molar-refractivity contribution in [3.8, 4) is 0 Å². The summed E-state index contributed by atoms with van der Waals surface area (Å²) in [4.78, 5) is 193. The number of hydrogen-bond donors (Lipinski definition) is 3. The Morgan fingerprint density at radius 1 is 0.606 bits per heavy atom. The van der Waals surface area contributed by atoms with Crippen LogP contribution in [-0.2, 0) is 68.7 Å². The van der Waals surface area contributed by atoms with Crippen LogP contribution >= 0.6 is 11.6 Å². The first kappa shape index (κ1) is 77.8. The molecule has 8 rings (SSSR count). The molecule has 10 atom stereocenters. The zero-order valence-corrected chi connectivity index (χ0v) is 61.5. The highest BCUT2D eigenvalue weighted by molar-refractivity contribution is 6.30. The van der Waals surface area contributed by atoms with Crippen LogP contribution in [0, 0.1) is 23.7 Å².